The molecule has 1 amide bonds. The predicted molar refractivity (Wildman–Crippen MR) is 73.2 cm³/mol. The first-order chi connectivity index (χ1) is 9.06. The lowest BCUT2D eigenvalue weighted by Gasteiger charge is -2.26. The monoisotopic (exact) mass is 263 g/mol. The van der Waals surface area contributed by atoms with Gasteiger partial charge >= 0.3 is 0 Å². The van der Waals surface area contributed by atoms with Crippen LogP contribution in [0.15, 0.2) is 18.2 Å². The van der Waals surface area contributed by atoms with E-state index in [2.05, 4.69) is 12.2 Å². The van der Waals surface area contributed by atoms with Crippen LogP contribution in [0.4, 0.5) is 0 Å². The van der Waals surface area contributed by atoms with Crippen molar-refractivity contribution in [2.45, 2.75) is 32.6 Å². The molecule has 1 aliphatic rings. The largest absolute Gasteiger partial charge is 0.508 e. The topological polar surface area (TPSA) is 69.6 Å². The van der Waals surface area contributed by atoms with Crippen molar-refractivity contribution >= 4 is 5.91 Å². The molecule has 1 fully saturated rings. The van der Waals surface area contributed by atoms with E-state index in [4.69, 9.17) is 0 Å². The number of benzene rings is 1. The lowest BCUT2D eigenvalue weighted by atomic mass is 9.82. The number of carbonyl (C=O) groups is 1. The Labute approximate surface area is 113 Å². The molecule has 2 rings (SSSR count). The van der Waals surface area contributed by atoms with Gasteiger partial charge in [-0.2, -0.15) is 0 Å². The fourth-order valence-electron chi connectivity index (χ4n) is 2.78. The van der Waals surface area contributed by atoms with Crippen molar-refractivity contribution in [1.29, 1.82) is 0 Å². The lowest BCUT2D eigenvalue weighted by Crippen LogP contribution is -2.31. The highest BCUT2D eigenvalue weighted by molar-refractivity contribution is 5.97. The predicted octanol–water partition coefficient (Wildman–Crippen LogP) is 2.65. The second kappa shape index (κ2) is 5.95. The molecule has 0 saturated heterocycles. The van der Waals surface area contributed by atoms with E-state index in [9.17, 15) is 15.0 Å². The number of aromatic hydroxyl groups is 2. The normalized spacial score (nSPS) is 23.0. The molecule has 104 valence electrons. The SMILES string of the molecule is CC1CCCC(CNC(=O)c2cc(O)ccc2O)C1. The zero-order valence-corrected chi connectivity index (χ0v) is 11.2. The molecule has 19 heavy (non-hydrogen) atoms. The van der Waals surface area contributed by atoms with Crippen LogP contribution in [0.3, 0.4) is 0 Å². The summed E-state index contributed by atoms with van der Waals surface area (Å²) >= 11 is 0. The summed E-state index contributed by atoms with van der Waals surface area (Å²) in [5, 5.41) is 21.8. The van der Waals surface area contributed by atoms with E-state index in [0.29, 0.717) is 12.5 Å². The van der Waals surface area contributed by atoms with Gasteiger partial charge in [0.1, 0.15) is 11.5 Å². The number of carbonyl (C=O) groups excluding carboxylic acids is 1. The average molecular weight is 263 g/mol. The first-order valence-electron chi connectivity index (χ1n) is 6.86. The van der Waals surface area contributed by atoms with Gasteiger partial charge in [0.2, 0.25) is 0 Å². The van der Waals surface area contributed by atoms with E-state index in [1.54, 1.807) is 0 Å². The average Bonchev–Trinajstić information content (AvgIpc) is 2.39. The second-order valence-electron chi connectivity index (χ2n) is 5.55. The number of hydrogen-bond acceptors (Lipinski definition) is 3. The number of rotatable bonds is 3. The minimum Gasteiger partial charge on any atom is -0.508 e. The third-order valence-electron chi connectivity index (χ3n) is 3.82. The molecular weight excluding hydrogens is 242 g/mol. The summed E-state index contributed by atoms with van der Waals surface area (Å²) < 4.78 is 0. The maximum Gasteiger partial charge on any atom is 0.255 e. The lowest BCUT2D eigenvalue weighted by molar-refractivity contribution is 0.0937. The Hall–Kier alpha value is -1.71. The molecule has 2 atom stereocenters. The standard InChI is InChI=1S/C15H21NO3/c1-10-3-2-4-11(7-10)9-16-15(19)13-8-12(17)5-6-14(13)18/h5-6,8,10-11,17-18H,2-4,7,9H2,1H3,(H,16,19). The van der Waals surface area contributed by atoms with Crippen molar-refractivity contribution in [2.75, 3.05) is 6.54 Å². The molecule has 1 aliphatic carbocycles. The zero-order valence-electron chi connectivity index (χ0n) is 11.2. The summed E-state index contributed by atoms with van der Waals surface area (Å²) in [6.45, 7) is 2.88. The van der Waals surface area contributed by atoms with Gasteiger partial charge in [-0.3, -0.25) is 4.79 Å². The quantitative estimate of drug-likeness (QED) is 0.734. The zero-order chi connectivity index (χ0) is 13.8. The van der Waals surface area contributed by atoms with Crippen molar-refractivity contribution < 1.29 is 15.0 Å². The van der Waals surface area contributed by atoms with Crippen LogP contribution in [-0.2, 0) is 0 Å². The van der Waals surface area contributed by atoms with Crippen LogP contribution >= 0.6 is 0 Å². The van der Waals surface area contributed by atoms with Gasteiger partial charge in [-0.25, -0.2) is 0 Å². The van der Waals surface area contributed by atoms with Crippen LogP contribution in [0.1, 0.15) is 43.0 Å². The molecule has 1 saturated carbocycles. The highest BCUT2D eigenvalue weighted by Crippen LogP contribution is 2.28. The minimum absolute atomic E-state index is 0.0192. The second-order valence-corrected chi connectivity index (χ2v) is 5.55. The van der Waals surface area contributed by atoms with Gasteiger partial charge in [-0.05, 0) is 42.9 Å². The van der Waals surface area contributed by atoms with Crippen molar-refractivity contribution in [3.8, 4) is 11.5 Å². The van der Waals surface area contributed by atoms with Crippen LogP contribution in [0.5, 0.6) is 11.5 Å². The molecule has 0 heterocycles. The summed E-state index contributed by atoms with van der Waals surface area (Å²) in [7, 11) is 0. The van der Waals surface area contributed by atoms with Crippen LogP contribution in [0, 0.1) is 11.8 Å². The number of hydrogen-bond donors (Lipinski definition) is 3. The van der Waals surface area contributed by atoms with Gasteiger partial charge in [0.25, 0.3) is 5.91 Å². The summed E-state index contributed by atoms with van der Waals surface area (Å²) in [4.78, 5) is 12.0. The third kappa shape index (κ3) is 3.63. The van der Waals surface area contributed by atoms with E-state index in [-0.39, 0.29) is 23.0 Å². The van der Waals surface area contributed by atoms with Crippen molar-refractivity contribution in [1.82, 2.24) is 5.32 Å². The number of phenols is 2. The fourth-order valence-corrected chi connectivity index (χ4v) is 2.78. The van der Waals surface area contributed by atoms with E-state index in [1.165, 1.54) is 31.0 Å². The summed E-state index contributed by atoms with van der Waals surface area (Å²) in [5.74, 6) is 0.796. The molecule has 0 aromatic heterocycles. The Kier molecular flexibility index (Phi) is 4.30. The molecule has 1 aromatic rings. The van der Waals surface area contributed by atoms with Gasteiger partial charge in [0, 0.05) is 6.54 Å². The first-order valence-corrected chi connectivity index (χ1v) is 6.86. The molecule has 0 bridgehead atoms. The summed E-state index contributed by atoms with van der Waals surface area (Å²) in [6.07, 6.45) is 4.79. The Bertz CT molecular complexity index is 459. The number of amides is 1. The Morgan fingerprint density at radius 3 is 2.89 bits per heavy atom. The molecule has 4 heteroatoms. The molecule has 4 nitrogen and oxygen atoms in total. The van der Waals surface area contributed by atoms with E-state index >= 15 is 0 Å². The maximum atomic E-state index is 12.0. The van der Waals surface area contributed by atoms with Gasteiger partial charge in [-0.15, -0.1) is 0 Å². The first kappa shape index (κ1) is 13.7. The fraction of sp³-hybridized carbons (Fsp3) is 0.533. The maximum absolute atomic E-state index is 12.0. The Morgan fingerprint density at radius 2 is 2.16 bits per heavy atom. The van der Waals surface area contributed by atoms with Gasteiger partial charge < -0.3 is 15.5 Å². The smallest absolute Gasteiger partial charge is 0.255 e. The molecule has 1 aromatic carbocycles. The highest BCUT2D eigenvalue weighted by atomic mass is 16.3. The number of nitrogens with one attached hydrogen (secondary N) is 1. The molecule has 2 unspecified atom stereocenters. The van der Waals surface area contributed by atoms with Gasteiger partial charge in [-0.1, -0.05) is 19.8 Å². The Morgan fingerprint density at radius 1 is 1.37 bits per heavy atom. The van der Waals surface area contributed by atoms with E-state index < -0.39 is 0 Å². The van der Waals surface area contributed by atoms with E-state index in [0.717, 1.165) is 18.8 Å². The van der Waals surface area contributed by atoms with E-state index in [1.807, 2.05) is 0 Å². The molecule has 0 spiro atoms. The van der Waals surface area contributed by atoms with Crippen LogP contribution < -0.4 is 5.32 Å². The summed E-state index contributed by atoms with van der Waals surface area (Å²) in [6, 6.07) is 3.97. The molecule has 0 radical (unpaired) electrons. The highest BCUT2D eigenvalue weighted by Gasteiger charge is 2.20. The van der Waals surface area contributed by atoms with Gasteiger partial charge in [0.15, 0.2) is 0 Å². The van der Waals surface area contributed by atoms with Crippen molar-refractivity contribution in [3.63, 3.8) is 0 Å². The summed E-state index contributed by atoms with van der Waals surface area (Å²) in [5.41, 5.74) is 0.129. The molecule has 3 N–H and O–H groups in total. The van der Waals surface area contributed by atoms with Crippen molar-refractivity contribution in [2.24, 2.45) is 11.8 Å². The van der Waals surface area contributed by atoms with Gasteiger partial charge in [0.05, 0.1) is 5.56 Å². The number of phenolic OH excluding ortho intramolecular Hbond substituents is 2. The third-order valence-corrected chi connectivity index (χ3v) is 3.82. The van der Waals surface area contributed by atoms with Crippen LogP contribution in [0.25, 0.3) is 0 Å². The van der Waals surface area contributed by atoms with Crippen molar-refractivity contribution in [3.05, 3.63) is 23.8 Å². The minimum atomic E-state index is -0.327. The Balaban J connectivity index is 1.92. The molecular formula is C15H21NO3. The molecule has 0 aliphatic heterocycles. The van der Waals surface area contributed by atoms with Crippen LogP contribution in [-0.4, -0.2) is 22.7 Å². The van der Waals surface area contributed by atoms with Crippen LogP contribution in [0.2, 0.25) is 0 Å².